The molecule has 2 heterocycles. The number of aromatic amines is 1. The molecule has 1 atom stereocenters. The Hall–Kier alpha value is -2.55. The van der Waals surface area contributed by atoms with Crippen molar-refractivity contribution >= 4 is 17.0 Å². The van der Waals surface area contributed by atoms with Crippen LogP contribution in [-0.2, 0) is 0 Å². The molecule has 3 nitrogen and oxygen atoms in total. The lowest BCUT2D eigenvalue weighted by molar-refractivity contribution is 0.130. The molecule has 0 radical (unpaired) electrons. The van der Waals surface area contributed by atoms with Gasteiger partial charge in [0.2, 0.25) is 0 Å². The van der Waals surface area contributed by atoms with Crippen molar-refractivity contribution in [1.29, 1.82) is 0 Å². The van der Waals surface area contributed by atoms with Gasteiger partial charge < -0.3 is 9.72 Å². The van der Waals surface area contributed by atoms with Crippen molar-refractivity contribution in [3.05, 3.63) is 69.6 Å². The number of nitrogens with one attached hydrogen (secondary N) is 1. The minimum Gasteiger partial charge on any atom is -0.482 e. The summed E-state index contributed by atoms with van der Waals surface area (Å²) >= 11 is 0. The smallest absolute Gasteiger partial charge is 0.259 e. The Morgan fingerprint density at radius 2 is 1.93 bits per heavy atom. The van der Waals surface area contributed by atoms with E-state index in [4.69, 9.17) is 4.74 Å². The highest BCUT2D eigenvalue weighted by atomic mass is 16.5. The second-order valence-corrected chi connectivity index (χ2v) is 7.90. The summed E-state index contributed by atoms with van der Waals surface area (Å²) in [7, 11) is 0. The van der Waals surface area contributed by atoms with E-state index in [1.165, 1.54) is 11.1 Å². The van der Waals surface area contributed by atoms with E-state index in [0.717, 1.165) is 36.6 Å². The van der Waals surface area contributed by atoms with Gasteiger partial charge in [-0.1, -0.05) is 35.4 Å². The molecule has 3 rings (SSSR count). The van der Waals surface area contributed by atoms with E-state index in [-0.39, 0.29) is 5.56 Å². The highest BCUT2D eigenvalue weighted by molar-refractivity contribution is 5.89. The van der Waals surface area contributed by atoms with E-state index in [0.29, 0.717) is 11.3 Å². The van der Waals surface area contributed by atoms with E-state index in [2.05, 4.69) is 44.8 Å². The first kappa shape index (κ1) is 19.2. The molecule has 0 saturated carbocycles. The number of H-pyrrole nitrogens is 1. The predicted octanol–water partition coefficient (Wildman–Crippen LogP) is 6.17. The zero-order valence-electron chi connectivity index (χ0n) is 16.8. The summed E-state index contributed by atoms with van der Waals surface area (Å²) < 4.78 is 6.36. The minimum absolute atomic E-state index is 0.1000. The van der Waals surface area contributed by atoms with Crippen molar-refractivity contribution in [2.24, 2.45) is 0 Å². The number of aromatic nitrogens is 1. The topological polar surface area (TPSA) is 42.1 Å². The summed E-state index contributed by atoms with van der Waals surface area (Å²) in [6.45, 7) is 8.56. The molecule has 1 aromatic carbocycles. The molecule has 2 aromatic rings. The van der Waals surface area contributed by atoms with E-state index in [1.807, 2.05) is 36.4 Å². The molecule has 1 aromatic heterocycles. The van der Waals surface area contributed by atoms with E-state index in [9.17, 15) is 4.79 Å². The molecule has 1 aliphatic heterocycles. The average Bonchev–Trinajstić information content (AvgIpc) is 2.61. The van der Waals surface area contributed by atoms with Crippen LogP contribution >= 0.6 is 0 Å². The third kappa shape index (κ3) is 4.60. The molecule has 27 heavy (non-hydrogen) atoms. The lowest BCUT2D eigenvalue weighted by Gasteiger charge is -2.32. The standard InChI is InChI=1S/C24H29NO2/c1-17(2)9-7-10-18(3)11-8-15-24(4)16-14-20-22(27-24)19-12-5-6-13-21(19)25-23(20)26/h5-6,9,11-14,16H,7-8,10,15H2,1-4H3,(H,25,26)/b18-11+. The molecule has 142 valence electrons. The number of para-hydroxylation sites is 1. The van der Waals surface area contributed by atoms with Gasteiger partial charge in [-0.2, -0.15) is 0 Å². The van der Waals surface area contributed by atoms with Crippen LogP contribution in [0.1, 0.15) is 58.9 Å². The second-order valence-electron chi connectivity index (χ2n) is 7.90. The SMILES string of the molecule is CC(C)=CCC/C(C)=C/CCC1(C)C=Cc2c(c3ccccc3[nH]c2=O)O1. The molecule has 3 heteroatoms. The van der Waals surface area contributed by atoms with Crippen LogP contribution < -0.4 is 10.3 Å². The molecular weight excluding hydrogens is 334 g/mol. The van der Waals surface area contributed by atoms with Crippen molar-refractivity contribution in [3.8, 4) is 5.75 Å². The second kappa shape index (κ2) is 7.99. The number of allylic oxidation sites excluding steroid dienone is 4. The third-order valence-corrected chi connectivity index (χ3v) is 5.07. The van der Waals surface area contributed by atoms with Gasteiger partial charge in [0.05, 0.1) is 11.1 Å². The number of benzene rings is 1. The zero-order chi connectivity index (χ0) is 19.4. The van der Waals surface area contributed by atoms with Gasteiger partial charge in [0, 0.05) is 5.39 Å². The highest BCUT2D eigenvalue weighted by Crippen LogP contribution is 2.36. The Labute approximate surface area is 161 Å². The molecular formula is C24H29NO2. The number of hydrogen-bond donors (Lipinski definition) is 1. The fourth-order valence-electron chi connectivity index (χ4n) is 3.45. The molecule has 0 fully saturated rings. The van der Waals surface area contributed by atoms with Crippen LogP contribution in [0.4, 0.5) is 0 Å². The van der Waals surface area contributed by atoms with E-state index in [1.54, 1.807) is 0 Å². The van der Waals surface area contributed by atoms with Crippen molar-refractivity contribution in [3.63, 3.8) is 0 Å². The van der Waals surface area contributed by atoms with Crippen molar-refractivity contribution < 1.29 is 4.74 Å². The van der Waals surface area contributed by atoms with Gasteiger partial charge in [0.15, 0.2) is 0 Å². The molecule has 1 aliphatic rings. The highest BCUT2D eigenvalue weighted by Gasteiger charge is 2.29. The Balaban J connectivity index is 1.73. The number of pyridine rings is 1. The summed E-state index contributed by atoms with van der Waals surface area (Å²) in [4.78, 5) is 15.3. The van der Waals surface area contributed by atoms with E-state index >= 15 is 0 Å². The average molecular weight is 364 g/mol. The van der Waals surface area contributed by atoms with Crippen LogP contribution in [0.5, 0.6) is 5.75 Å². The van der Waals surface area contributed by atoms with Crippen molar-refractivity contribution in [2.75, 3.05) is 0 Å². The van der Waals surface area contributed by atoms with Gasteiger partial charge in [0.1, 0.15) is 11.4 Å². The van der Waals surface area contributed by atoms with Crippen molar-refractivity contribution in [1.82, 2.24) is 4.98 Å². The number of rotatable bonds is 6. The molecule has 1 unspecified atom stereocenters. The lowest BCUT2D eigenvalue weighted by Crippen LogP contribution is -2.33. The largest absolute Gasteiger partial charge is 0.482 e. The summed E-state index contributed by atoms with van der Waals surface area (Å²) in [6.07, 6.45) is 12.6. The number of hydrogen-bond acceptors (Lipinski definition) is 2. The quantitative estimate of drug-likeness (QED) is 0.624. The molecule has 0 saturated heterocycles. The Kier molecular flexibility index (Phi) is 5.69. The normalized spacial score (nSPS) is 18.9. The predicted molar refractivity (Wildman–Crippen MR) is 114 cm³/mol. The summed E-state index contributed by atoms with van der Waals surface area (Å²) in [5.74, 6) is 0.698. The lowest BCUT2D eigenvalue weighted by atomic mass is 9.94. The first-order valence-corrected chi connectivity index (χ1v) is 9.70. The molecule has 0 bridgehead atoms. The van der Waals surface area contributed by atoms with Gasteiger partial charge >= 0.3 is 0 Å². The van der Waals surface area contributed by atoms with Crippen LogP contribution in [0.2, 0.25) is 0 Å². The maximum absolute atomic E-state index is 12.3. The Bertz CT molecular complexity index is 974. The van der Waals surface area contributed by atoms with E-state index < -0.39 is 5.60 Å². The summed E-state index contributed by atoms with van der Waals surface area (Å²) in [5.41, 5.74) is 3.71. The Morgan fingerprint density at radius 1 is 1.15 bits per heavy atom. The van der Waals surface area contributed by atoms with Crippen LogP contribution in [0, 0.1) is 0 Å². The van der Waals surface area contributed by atoms with Crippen LogP contribution in [0.25, 0.3) is 17.0 Å². The van der Waals surface area contributed by atoms with Gasteiger partial charge in [0.25, 0.3) is 5.56 Å². The Morgan fingerprint density at radius 3 is 2.70 bits per heavy atom. The molecule has 0 spiro atoms. The first-order valence-electron chi connectivity index (χ1n) is 9.70. The number of fused-ring (bicyclic) bond motifs is 3. The third-order valence-electron chi connectivity index (χ3n) is 5.07. The van der Waals surface area contributed by atoms with Gasteiger partial charge in [-0.15, -0.1) is 0 Å². The van der Waals surface area contributed by atoms with Gasteiger partial charge in [-0.3, -0.25) is 4.79 Å². The fourth-order valence-corrected chi connectivity index (χ4v) is 3.45. The molecule has 0 amide bonds. The van der Waals surface area contributed by atoms with Gasteiger partial charge in [-0.25, -0.2) is 0 Å². The van der Waals surface area contributed by atoms with Crippen LogP contribution in [-0.4, -0.2) is 10.6 Å². The molecule has 0 aliphatic carbocycles. The van der Waals surface area contributed by atoms with Crippen molar-refractivity contribution in [2.45, 2.75) is 59.0 Å². The maximum Gasteiger partial charge on any atom is 0.259 e. The number of ether oxygens (including phenoxy) is 1. The zero-order valence-corrected chi connectivity index (χ0v) is 16.8. The summed E-state index contributed by atoms with van der Waals surface area (Å²) in [5, 5.41) is 0.955. The van der Waals surface area contributed by atoms with Crippen LogP contribution in [0.15, 0.2) is 58.4 Å². The fraction of sp³-hybridized carbons (Fsp3) is 0.375. The maximum atomic E-state index is 12.3. The van der Waals surface area contributed by atoms with Gasteiger partial charge in [-0.05, 0) is 77.7 Å². The monoisotopic (exact) mass is 363 g/mol. The molecule has 1 N–H and O–H groups in total. The first-order chi connectivity index (χ1) is 12.9. The summed E-state index contributed by atoms with van der Waals surface area (Å²) in [6, 6.07) is 7.80. The van der Waals surface area contributed by atoms with Crippen LogP contribution in [0.3, 0.4) is 0 Å². The minimum atomic E-state index is -0.403.